The van der Waals surface area contributed by atoms with Crippen LogP contribution >= 0.6 is 0 Å². The number of rotatable bonds is 5. The van der Waals surface area contributed by atoms with Gasteiger partial charge in [-0.3, -0.25) is 4.79 Å². The fourth-order valence-corrected chi connectivity index (χ4v) is 5.40. The third-order valence-electron chi connectivity index (χ3n) is 6.79. The summed E-state index contributed by atoms with van der Waals surface area (Å²) < 4.78 is 5.02. The third kappa shape index (κ3) is 1.71. The molecule has 19 heavy (non-hydrogen) atoms. The van der Waals surface area contributed by atoms with Gasteiger partial charge in [0.25, 0.3) is 0 Å². The Balaban J connectivity index is 1.53. The molecule has 0 aromatic rings. The molecule has 0 radical (unpaired) electrons. The first kappa shape index (κ1) is 13.2. The van der Waals surface area contributed by atoms with E-state index in [1.807, 2.05) is 0 Å². The summed E-state index contributed by atoms with van der Waals surface area (Å²) in [5.74, 6) is 2.89. The Morgan fingerprint density at radius 1 is 1.26 bits per heavy atom. The van der Waals surface area contributed by atoms with Crippen molar-refractivity contribution in [1.29, 1.82) is 0 Å². The normalized spacial score (nSPS) is 46.5. The van der Waals surface area contributed by atoms with Crippen LogP contribution in [0.15, 0.2) is 11.6 Å². The zero-order valence-electron chi connectivity index (χ0n) is 12.7. The molecule has 4 aliphatic rings. The van der Waals surface area contributed by atoms with Crippen molar-refractivity contribution < 1.29 is 9.53 Å². The van der Waals surface area contributed by atoms with Gasteiger partial charge >= 0.3 is 5.97 Å². The van der Waals surface area contributed by atoms with Gasteiger partial charge in [0.1, 0.15) is 6.61 Å². The van der Waals surface area contributed by atoms with Crippen molar-refractivity contribution in [1.82, 2.24) is 0 Å². The van der Waals surface area contributed by atoms with Crippen molar-refractivity contribution in [2.75, 3.05) is 6.61 Å². The van der Waals surface area contributed by atoms with Crippen molar-refractivity contribution >= 4 is 5.97 Å². The number of allylic oxidation sites excluding steroid dienone is 1. The lowest BCUT2D eigenvalue weighted by atomic mass is 9.71. The lowest BCUT2D eigenvalue weighted by Crippen LogP contribution is -2.26. The highest BCUT2D eigenvalue weighted by Gasteiger charge is 2.80. The number of ether oxygens (including phenoxy) is 1. The highest BCUT2D eigenvalue weighted by molar-refractivity contribution is 5.66. The molecule has 3 unspecified atom stereocenters. The Labute approximate surface area is 116 Å². The Bertz CT molecular complexity index is 425. The van der Waals surface area contributed by atoms with Crippen molar-refractivity contribution in [3.05, 3.63) is 11.6 Å². The molecule has 0 aromatic carbocycles. The maximum absolute atomic E-state index is 10.8. The maximum Gasteiger partial charge on any atom is 0.302 e. The van der Waals surface area contributed by atoms with E-state index in [0.29, 0.717) is 17.4 Å². The topological polar surface area (TPSA) is 26.3 Å². The molecule has 0 heterocycles. The van der Waals surface area contributed by atoms with Crippen LogP contribution in [0.2, 0.25) is 0 Å². The highest BCUT2D eigenvalue weighted by Crippen LogP contribution is 2.87. The molecule has 4 bridgehead atoms. The number of carbonyl (C=O) groups excluding carboxylic acids is 1. The number of hydrogen-bond acceptors (Lipinski definition) is 2. The van der Waals surface area contributed by atoms with Gasteiger partial charge in [-0.2, -0.15) is 0 Å². The Hall–Kier alpha value is -0.790. The minimum atomic E-state index is -0.190. The van der Waals surface area contributed by atoms with E-state index in [1.165, 1.54) is 31.8 Å². The molecule has 0 amide bonds. The lowest BCUT2D eigenvalue weighted by Gasteiger charge is -2.34. The van der Waals surface area contributed by atoms with Crippen LogP contribution < -0.4 is 0 Å². The van der Waals surface area contributed by atoms with Crippen molar-refractivity contribution in [2.24, 2.45) is 28.6 Å². The minimum Gasteiger partial charge on any atom is -0.461 e. The molecule has 2 nitrogen and oxygen atoms in total. The summed E-state index contributed by atoms with van der Waals surface area (Å²) in [6.45, 7) is 9.04. The van der Waals surface area contributed by atoms with Crippen LogP contribution in [0, 0.1) is 28.6 Å². The van der Waals surface area contributed by atoms with Crippen LogP contribution in [0.3, 0.4) is 0 Å². The molecule has 0 N–H and O–H groups in total. The predicted octanol–water partition coefficient (Wildman–Crippen LogP) is 3.96. The zero-order valence-corrected chi connectivity index (χ0v) is 12.7. The first-order chi connectivity index (χ1) is 8.89. The summed E-state index contributed by atoms with van der Waals surface area (Å²) in [6, 6.07) is 0. The second-order valence-electron chi connectivity index (χ2n) is 7.45. The van der Waals surface area contributed by atoms with Gasteiger partial charge < -0.3 is 4.74 Å². The van der Waals surface area contributed by atoms with Gasteiger partial charge in [-0.25, -0.2) is 0 Å². The van der Waals surface area contributed by atoms with Gasteiger partial charge in [-0.15, -0.1) is 0 Å². The Morgan fingerprint density at radius 2 is 1.89 bits per heavy atom. The second-order valence-corrected chi connectivity index (χ2v) is 7.45. The van der Waals surface area contributed by atoms with E-state index in [-0.39, 0.29) is 5.97 Å². The highest BCUT2D eigenvalue weighted by atomic mass is 16.5. The van der Waals surface area contributed by atoms with E-state index < -0.39 is 0 Å². The minimum absolute atomic E-state index is 0.190. The standard InChI is InChI=1S/C17H26O2/c1-11(10-19-12(2)18)6-5-7-16(3)13-8-14-15(9-13)17(14,16)4/h6,13-15H,5,7-10H2,1-4H3/b11-6+. The second kappa shape index (κ2) is 4.10. The van der Waals surface area contributed by atoms with Gasteiger partial charge in [0.05, 0.1) is 0 Å². The monoisotopic (exact) mass is 262 g/mol. The fourth-order valence-electron chi connectivity index (χ4n) is 5.40. The van der Waals surface area contributed by atoms with E-state index in [0.717, 1.165) is 24.2 Å². The van der Waals surface area contributed by atoms with Crippen LogP contribution in [0.5, 0.6) is 0 Å². The summed E-state index contributed by atoms with van der Waals surface area (Å²) in [5.41, 5.74) is 2.41. The van der Waals surface area contributed by atoms with E-state index >= 15 is 0 Å². The SMILES string of the molecule is CC(=O)OC/C(C)=C/CCC1(C)C2CC3C(C2)C31C. The Kier molecular flexibility index (Phi) is 2.85. The average molecular weight is 262 g/mol. The molecule has 106 valence electrons. The maximum atomic E-state index is 10.8. The van der Waals surface area contributed by atoms with Crippen molar-refractivity contribution in [3.63, 3.8) is 0 Å². The van der Waals surface area contributed by atoms with E-state index in [9.17, 15) is 4.79 Å². The molecule has 2 heteroatoms. The summed E-state index contributed by atoms with van der Waals surface area (Å²) >= 11 is 0. The molecule has 0 aliphatic heterocycles. The Morgan fingerprint density at radius 3 is 2.37 bits per heavy atom. The fraction of sp³-hybridized carbons (Fsp3) is 0.824. The molecule has 3 atom stereocenters. The summed E-state index contributed by atoms with van der Waals surface area (Å²) in [7, 11) is 0. The van der Waals surface area contributed by atoms with Crippen LogP contribution in [-0.2, 0) is 9.53 Å². The average Bonchev–Trinajstić information content (AvgIpc) is 2.71. The first-order valence-electron chi connectivity index (χ1n) is 7.68. The quantitative estimate of drug-likeness (QED) is 0.554. The molecule has 0 spiro atoms. The predicted molar refractivity (Wildman–Crippen MR) is 75.5 cm³/mol. The number of hydrogen-bond donors (Lipinski definition) is 0. The molecule has 4 fully saturated rings. The first-order valence-corrected chi connectivity index (χ1v) is 7.68. The largest absolute Gasteiger partial charge is 0.461 e. The van der Waals surface area contributed by atoms with Gasteiger partial charge in [0.2, 0.25) is 0 Å². The summed E-state index contributed by atoms with van der Waals surface area (Å²) in [4.78, 5) is 10.8. The third-order valence-corrected chi connectivity index (χ3v) is 6.79. The van der Waals surface area contributed by atoms with E-state index in [4.69, 9.17) is 4.74 Å². The molecular weight excluding hydrogens is 236 g/mol. The molecule has 0 aromatic heterocycles. The van der Waals surface area contributed by atoms with Crippen LogP contribution in [-0.4, -0.2) is 12.6 Å². The van der Waals surface area contributed by atoms with E-state index in [2.05, 4.69) is 26.8 Å². The van der Waals surface area contributed by atoms with Crippen LogP contribution in [0.25, 0.3) is 0 Å². The zero-order chi connectivity index (χ0) is 13.8. The van der Waals surface area contributed by atoms with Crippen molar-refractivity contribution in [2.45, 2.75) is 53.4 Å². The van der Waals surface area contributed by atoms with Crippen LogP contribution in [0.4, 0.5) is 0 Å². The summed E-state index contributed by atoms with van der Waals surface area (Å²) in [5, 5.41) is 0. The molecule has 4 saturated carbocycles. The molecule has 4 rings (SSSR count). The van der Waals surface area contributed by atoms with Gasteiger partial charge in [0, 0.05) is 6.92 Å². The summed E-state index contributed by atoms with van der Waals surface area (Å²) in [6.07, 6.45) is 7.69. The lowest BCUT2D eigenvalue weighted by molar-refractivity contribution is -0.139. The van der Waals surface area contributed by atoms with Gasteiger partial charge in [-0.05, 0) is 66.8 Å². The van der Waals surface area contributed by atoms with Crippen LogP contribution in [0.1, 0.15) is 53.4 Å². The number of esters is 1. The van der Waals surface area contributed by atoms with Crippen molar-refractivity contribution in [3.8, 4) is 0 Å². The molecule has 0 saturated heterocycles. The number of carbonyl (C=O) groups is 1. The van der Waals surface area contributed by atoms with Gasteiger partial charge in [0.15, 0.2) is 0 Å². The molecular formula is C17H26O2. The smallest absolute Gasteiger partial charge is 0.302 e. The van der Waals surface area contributed by atoms with Gasteiger partial charge in [-0.1, -0.05) is 19.9 Å². The molecule has 4 aliphatic carbocycles. The van der Waals surface area contributed by atoms with E-state index in [1.54, 1.807) is 0 Å².